The van der Waals surface area contributed by atoms with Crippen molar-refractivity contribution in [2.75, 3.05) is 0 Å². The molecule has 20 heavy (non-hydrogen) atoms. The van der Waals surface area contributed by atoms with E-state index in [0.717, 1.165) is 26.5 Å². The lowest BCUT2D eigenvalue weighted by Crippen LogP contribution is -2.12. The van der Waals surface area contributed by atoms with Crippen LogP contribution >= 0.6 is 27.5 Å². The summed E-state index contributed by atoms with van der Waals surface area (Å²) in [6, 6.07) is 15.4. The third kappa shape index (κ3) is 2.65. The number of benzene rings is 2. The third-order valence-corrected chi connectivity index (χ3v) is 4.44. The smallest absolute Gasteiger partial charge is 0.251 e. The molecule has 0 saturated heterocycles. The van der Waals surface area contributed by atoms with E-state index in [2.05, 4.69) is 20.9 Å². The van der Waals surface area contributed by atoms with Crippen molar-refractivity contribution in [3.05, 3.63) is 79.5 Å². The summed E-state index contributed by atoms with van der Waals surface area (Å²) in [5.41, 5.74) is 2.55. The molecule has 1 N–H and O–H groups in total. The van der Waals surface area contributed by atoms with Crippen LogP contribution in [0.25, 0.3) is 10.9 Å². The largest absolute Gasteiger partial charge is 0.322 e. The molecule has 1 aromatic heterocycles. The molecule has 0 saturated carbocycles. The number of rotatable bonds is 2. The number of H-pyrrole nitrogens is 1. The van der Waals surface area contributed by atoms with Gasteiger partial charge in [0.1, 0.15) is 0 Å². The zero-order valence-electron chi connectivity index (χ0n) is 10.5. The van der Waals surface area contributed by atoms with E-state index in [9.17, 15) is 4.79 Å². The van der Waals surface area contributed by atoms with Crippen LogP contribution in [0.2, 0.25) is 5.02 Å². The highest BCUT2D eigenvalue weighted by Crippen LogP contribution is 2.24. The normalized spacial score (nSPS) is 10.9. The quantitative estimate of drug-likeness (QED) is 0.725. The molecule has 0 unspecified atom stereocenters. The van der Waals surface area contributed by atoms with Crippen LogP contribution in [-0.4, -0.2) is 4.98 Å². The Bertz CT molecular complexity index is 841. The van der Waals surface area contributed by atoms with Crippen LogP contribution in [0.1, 0.15) is 11.1 Å². The van der Waals surface area contributed by atoms with Gasteiger partial charge in [0.2, 0.25) is 0 Å². The van der Waals surface area contributed by atoms with Crippen molar-refractivity contribution in [1.29, 1.82) is 0 Å². The third-order valence-electron chi connectivity index (χ3n) is 3.21. The number of fused-ring (bicyclic) bond motifs is 1. The van der Waals surface area contributed by atoms with Crippen LogP contribution in [0.5, 0.6) is 0 Å². The highest BCUT2D eigenvalue weighted by Gasteiger charge is 2.05. The number of aromatic amines is 1. The molecule has 100 valence electrons. The van der Waals surface area contributed by atoms with Gasteiger partial charge in [-0.2, -0.15) is 0 Å². The summed E-state index contributed by atoms with van der Waals surface area (Å²) in [5, 5.41) is 1.69. The monoisotopic (exact) mass is 347 g/mol. The summed E-state index contributed by atoms with van der Waals surface area (Å²) in [5.74, 6) is 0. The standard InChI is InChI=1S/C16H11BrClNO/c17-13-6-5-10(8-14(13)18)7-12-9-11-3-1-2-4-15(11)19-16(12)20/h1-6,8-9H,7H2,(H,19,20). The average molecular weight is 349 g/mol. The van der Waals surface area contributed by atoms with E-state index < -0.39 is 0 Å². The summed E-state index contributed by atoms with van der Waals surface area (Å²) in [7, 11) is 0. The summed E-state index contributed by atoms with van der Waals surface area (Å²) in [6.07, 6.45) is 0.563. The van der Waals surface area contributed by atoms with E-state index >= 15 is 0 Å². The first kappa shape index (κ1) is 13.4. The van der Waals surface area contributed by atoms with Crippen LogP contribution in [0.3, 0.4) is 0 Å². The number of nitrogens with one attached hydrogen (secondary N) is 1. The molecule has 2 nitrogen and oxygen atoms in total. The summed E-state index contributed by atoms with van der Waals surface area (Å²) < 4.78 is 0.857. The lowest BCUT2D eigenvalue weighted by Gasteiger charge is -2.05. The number of hydrogen-bond donors (Lipinski definition) is 1. The van der Waals surface area contributed by atoms with E-state index in [-0.39, 0.29) is 5.56 Å². The molecule has 0 fully saturated rings. The molecule has 2 aromatic carbocycles. The van der Waals surface area contributed by atoms with Crippen LogP contribution in [0.15, 0.2) is 57.8 Å². The molecule has 0 bridgehead atoms. The van der Waals surface area contributed by atoms with Gasteiger partial charge in [-0.05, 0) is 51.1 Å². The molecule has 0 aliphatic heterocycles. The number of pyridine rings is 1. The number of halogens is 2. The molecule has 3 rings (SSSR count). The van der Waals surface area contributed by atoms with E-state index in [1.54, 1.807) is 0 Å². The average Bonchev–Trinajstić information content (AvgIpc) is 2.44. The molecule has 0 aliphatic carbocycles. The number of para-hydroxylation sites is 1. The van der Waals surface area contributed by atoms with Gasteiger partial charge in [-0.15, -0.1) is 0 Å². The predicted octanol–water partition coefficient (Wildman–Crippen LogP) is 4.53. The first-order valence-electron chi connectivity index (χ1n) is 6.18. The topological polar surface area (TPSA) is 32.9 Å². The maximum absolute atomic E-state index is 12.1. The van der Waals surface area contributed by atoms with Gasteiger partial charge in [-0.1, -0.05) is 35.9 Å². The van der Waals surface area contributed by atoms with Crippen molar-refractivity contribution in [1.82, 2.24) is 4.98 Å². The Balaban J connectivity index is 2.03. The van der Waals surface area contributed by atoms with Crippen molar-refractivity contribution < 1.29 is 0 Å². The molecule has 0 radical (unpaired) electrons. The molecule has 0 atom stereocenters. The van der Waals surface area contributed by atoms with Crippen molar-refractivity contribution in [2.45, 2.75) is 6.42 Å². The van der Waals surface area contributed by atoms with Gasteiger partial charge in [0.05, 0.1) is 5.02 Å². The highest BCUT2D eigenvalue weighted by atomic mass is 79.9. The first-order chi connectivity index (χ1) is 9.63. The second-order valence-corrected chi connectivity index (χ2v) is 5.90. The van der Waals surface area contributed by atoms with E-state index in [4.69, 9.17) is 11.6 Å². The van der Waals surface area contributed by atoms with Crippen LogP contribution in [0.4, 0.5) is 0 Å². The van der Waals surface area contributed by atoms with Crippen molar-refractivity contribution in [3.8, 4) is 0 Å². The summed E-state index contributed by atoms with van der Waals surface area (Å²) >= 11 is 9.44. The Morgan fingerprint density at radius 1 is 1.10 bits per heavy atom. The minimum Gasteiger partial charge on any atom is -0.322 e. The summed E-state index contributed by atoms with van der Waals surface area (Å²) in [6.45, 7) is 0. The molecule has 1 heterocycles. The van der Waals surface area contributed by atoms with Crippen LogP contribution in [0, 0.1) is 0 Å². The molecule has 0 aliphatic rings. The Morgan fingerprint density at radius 3 is 2.70 bits per heavy atom. The number of aromatic nitrogens is 1. The van der Waals surface area contributed by atoms with Crippen molar-refractivity contribution in [2.24, 2.45) is 0 Å². The van der Waals surface area contributed by atoms with E-state index in [0.29, 0.717) is 11.4 Å². The highest BCUT2D eigenvalue weighted by molar-refractivity contribution is 9.10. The maximum Gasteiger partial charge on any atom is 0.251 e. The lowest BCUT2D eigenvalue weighted by molar-refractivity contribution is 1.12. The van der Waals surface area contributed by atoms with Crippen molar-refractivity contribution in [3.63, 3.8) is 0 Å². The maximum atomic E-state index is 12.1. The molecule has 4 heteroatoms. The van der Waals surface area contributed by atoms with E-state index in [1.165, 1.54) is 0 Å². The lowest BCUT2D eigenvalue weighted by atomic mass is 10.0. The molecule has 0 amide bonds. The summed E-state index contributed by atoms with van der Waals surface area (Å²) in [4.78, 5) is 15.0. The first-order valence-corrected chi connectivity index (χ1v) is 7.35. The van der Waals surface area contributed by atoms with Gasteiger partial charge < -0.3 is 4.98 Å². The van der Waals surface area contributed by atoms with Gasteiger partial charge in [0.25, 0.3) is 5.56 Å². The molecular weight excluding hydrogens is 338 g/mol. The Labute approximate surface area is 129 Å². The molecule has 3 aromatic rings. The van der Waals surface area contributed by atoms with Gasteiger partial charge in [-0.3, -0.25) is 4.79 Å². The Morgan fingerprint density at radius 2 is 1.90 bits per heavy atom. The zero-order chi connectivity index (χ0) is 14.1. The predicted molar refractivity (Wildman–Crippen MR) is 86.5 cm³/mol. The van der Waals surface area contributed by atoms with Gasteiger partial charge >= 0.3 is 0 Å². The SMILES string of the molecule is O=c1[nH]c2ccccc2cc1Cc1ccc(Br)c(Cl)c1. The fourth-order valence-electron chi connectivity index (χ4n) is 2.19. The Hall–Kier alpha value is -1.58. The molecule has 0 spiro atoms. The van der Waals surface area contributed by atoms with Crippen LogP contribution in [-0.2, 0) is 6.42 Å². The van der Waals surface area contributed by atoms with Gasteiger partial charge in [0.15, 0.2) is 0 Å². The number of hydrogen-bond acceptors (Lipinski definition) is 1. The fraction of sp³-hybridized carbons (Fsp3) is 0.0625. The minimum atomic E-state index is -0.0530. The second kappa shape index (κ2) is 5.43. The van der Waals surface area contributed by atoms with Crippen LogP contribution < -0.4 is 5.56 Å². The van der Waals surface area contributed by atoms with Gasteiger partial charge in [-0.25, -0.2) is 0 Å². The second-order valence-electron chi connectivity index (χ2n) is 4.64. The Kier molecular flexibility index (Phi) is 3.64. The fourth-order valence-corrected chi connectivity index (χ4v) is 2.64. The van der Waals surface area contributed by atoms with E-state index in [1.807, 2.05) is 48.5 Å². The zero-order valence-corrected chi connectivity index (χ0v) is 12.8. The van der Waals surface area contributed by atoms with Crippen molar-refractivity contribution >= 4 is 38.4 Å². The van der Waals surface area contributed by atoms with Gasteiger partial charge in [0, 0.05) is 22.0 Å². The minimum absolute atomic E-state index is 0.0530. The molecular formula is C16H11BrClNO.